The fraction of sp³-hybridized carbons (Fsp3) is 0.222. The highest BCUT2D eigenvalue weighted by atomic mass is 16.5. The fourth-order valence-corrected chi connectivity index (χ4v) is 2.93. The van der Waals surface area contributed by atoms with Crippen molar-refractivity contribution in [1.82, 2.24) is 0 Å². The maximum atomic E-state index is 12.5. The van der Waals surface area contributed by atoms with Crippen molar-refractivity contribution in [3.8, 4) is 17.2 Å². The van der Waals surface area contributed by atoms with E-state index in [0.29, 0.717) is 11.8 Å². The lowest BCUT2D eigenvalue weighted by atomic mass is 9.91. The second-order valence-corrected chi connectivity index (χ2v) is 5.39. The molecule has 0 fully saturated rings. The van der Waals surface area contributed by atoms with E-state index in [9.17, 15) is 14.7 Å². The van der Waals surface area contributed by atoms with Crippen LogP contribution in [0.4, 0.5) is 0 Å². The summed E-state index contributed by atoms with van der Waals surface area (Å²) in [7, 11) is 1.40. The SMILES string of the molecule is COc1c(C)c2c(c(O)c1C=O)C(=O)C[C@@H](c1ccccc1)O2. The second-order valence-electron chi connectivity index (χ2n) is 5.39. The summed E-state index contributed by atoms with van der Waals surface area (Å²) < 4.78 is 11.2. The summed E-state index contributed by atoms with van der Waals surface area (Å²) in [6.07, 6.45) is 0.160. The van der Waals surface area contributed by atoms with E-state index in [1.54, 1.807) is 6.92 Å². The van der Waals surface area contributed by atoms with Gasteiger partial charge in [0.05, 0.1) is 19.1 Å². The molecule has 2 aromatic rings. The average molecular weight is 312 g/mol. The minimum absolute atomic E-state index is 0.0288. The maximum Gasteiger partial charge on any atom is 0.174 e. The van der Waals surface area contributed by atoms with Crippen LogP contribution >= 0.6 is 0 Å². The van der Waals surface area contributed by atoms with Gasteiger partial charge in [0.15, 0.2) is 12.1 Å². The quantitative estimate of drug-likeness (QED) is 0.881. The molecule has 0 amide bonds. The normalized spacial score (nSPS) is 16.4. The predicted octanol–water partition coefficient (Wildman–Crippen LogP) is 3.23. The van der Waals surface area contributed by atoms with Crippen LogP contribution in [-0.4, -0.2) is 24.3 Å². The van der Waals surface area contributed by atoms with Gasteiger partial charge in [-0.05, 0) is 12.5 Å². The van der Waals surface area contributed by atoms with Crippen molar-refractivity contribution in [2.24, 2.45) is 0 Å². The highest BCUT2D eigenvalue weighted by molar-refractivity contribution is 6.06. The molecule has 2 aromatic carbocycles. The summed E-state index contributed by atoms with van der Waals surface area (Å²) in [5.41, 5.74) is 1.43. The Labute approximate surface area is 133 Å². The van der Waals surface area contributed by atoms with Crippen LogP contribution in [0.5, 0.6) is 17.2 Å². The van der Waals surface area contributed by atoms with Gasteiger partial charge in [-0.25, -0.2) is 0 Å². The summed E-state index contributed by atoms with van der Waals surface area (Å²) in [6, 6.07) is 9.40. The van der Waals surface area contributed by atoms with Crippen molar-refractivity contribution in [3.63, 3.8) is 0 Å². The lowest BCUT2D eigenvalue weighted by Gasteiger charge is -2.28. The van der Waals surface area contributed by atoms with Crippen LogP contribution in [0.2, 0.25) is 0 Å². The molecule has 0 unspecified atom stereocenters. The summed E-state index contributed by atoms with van der Waals surface area (Å²) in [5.74, 6) is -0.145. The molecule has 1 aliphatic heterocycles. The van der Waals surface area contributed by atoms with Gasteiger partial charge >= 0.3 is 0 Å². The van der Waals surface area contributed by atoms with Crippen LogP contribution in [-0.2, 0) is 0 Å². The van der Waals surface area contributed by atoms with Crippen LogP contribution in [0.3, 0.4) is 0 Å². The Kier molecular flexibility index (Phi) is 3.78. The first kappa shape index (κ1) is 15.1. The molecule has 1 heterocycles. The predicted molar refractivity (Wildman–Crippen MR) is 83.5 cm³/mol. The molecule has 0 saturated heterocycles. The Morgan fingerprint density at radius 1 is 1.30 bits per heavy atom. The molecule has 0 spiro atoms. The van der Waals surface area contributed by atoms with Gasteiger partial charge in [-0.2, -0.15) is 0 Å². The molecule has 5 nitrogen and oxygen atoms in total. The van der Waals surface area contributed by atoms with Crippen molar-refractivity contribution in [2.75, 3.05) is 7.11 Å². The summed E-state index contributed by atoms with van der Waals surface area (Å²) in [4.78, 5) is 23.8. The van der Waals surface area contributed by atoms with Crippen molar-refractivity contribution in [2.45, 2.75) is 19.4 Å². The molecule has 0 aromatic heterocycles. The minimum Gasteiger partial charge on any atom is -0.506 e. The van der Waals surface area contributed by atoms with Gasteiger partial charge in [0, 0.05) is 5.56 Å². The van der Waals surface area contributed by atoms with Gasteiger partial charge in [0.2, 0.25) is 0 Å². The zero-order valence-electron chi connectivity index (χ0n) is 12.8. The van der Waals surface area contributed by atoms with E-state index in [-0.39, 0.29) is 40.6 Å². The molecule has 0 aliphatic carbocycles. The lowest BCUT2D eigenvalue weighted by Crippen LogP contribution is -2.22. The second kappa shape index (κ2) is 5.76. The number of hydrogen-bond acceptors (Lipinski definition) is 5. The van der Waals surface area contributed by atoms with Crippen LogP contribution < -0.4 is 9.47 Å². The van der Waals surface area contributed by atoms with E-state index in [0.717, 1.165) is 5.56 Å². The molecule has 1 atom stereocenters. The number of Topliss-reactive ketones (excluding diaryl/α,β-unsaturated/α-hetero) is 1. The average Bonchev–Trinajstić information content (AvgIpc) is 2.57. The third-order valence-corrected chi connectivity index (χ3v) is 4.05. The summed E-state index contributed by atoms with van der Waals surface area (Å²) >= 11 is 0. The van der Waals surface area contributed by atoms with Crippen LogP contribution in [0.1, 0.15) is 44.4 Å². The van der Waals surface area contributed by atoms with Gasteiger partial charge in [0.1, 0.15) is 28.9 Å². The van der Waals surface area contributed by atoms with Crippen LogP contribution in [0.15, 0.2) is 30.3 Å². The van der Waals surface area contributed by atoms with Crippen LogP contribution in [0, 0.1) is 6.92 Å². The van der Waals surface area contributed by atoms with Crippen molar-refractivity contribution < 1.29 is 24.2 Å². The van der Waals surface area contributed by atoms with Crippen LogP contribution in [0.25, 0.3) is 0 Å². The number of phenolic OH excluding ortho intramolecular Hbond substituents is 1. The Hall–Kier alpha value is -2.82. The highest BCUT2D eigenvalue weighted by Gasteiger charge is 2.34. The van der Waals surface area contributed by atoms with E-state index < -0.39 is 6.10 Å². The molecule has 0 bridgehead atoms. The number of fused-ring (bicyclic) bond motifs is 1. The summed E-state index contributed by atoms with van der Waals surface area (Å²) in [6.45, 7) is 1.70. The molecule has 5 heteroatoms. The Morgan fingerprint density at radius 2 is 2.00 bits per heavy atom. The molecular formula is C18H16O5. The first-order valence-corrected chi connectivity index (χ1v) is 7.22. The van der Waals surface area contributed by atoms with Gasteiger partial charge in [0.25, 0.3) is 0 Å². The number of benzene rings is 2. The van der Waals surface area contributed by atoms with Gasteiger partial charge in [-0.15, -0.1) is 0 Å². The van der Waals surface area contributed by atoms with E-state index in [1.807, 2.05) is 30.3 Å². The third kappa shape index (κ3) is 2.34. The van der Waals surface area contributed by atoms with Gasteiger partial charge < -0.3 is 14.6 Å². The number of hydrogen-bond donors (Lipinski definition) is 1. The van der Waals surface area contributed by atoms with Crippen molar-refractivity contribution in [3.05, 3.63) is 52.6 Å². The Balaban J connectivity index is 2.16. The van der Waals surface area contributed by atoms with Gasteiger partial charge in [-0.1, -0.05) is 30.3 Å². The maximum absolute atomic E-state index is 12.5. The standard InChI is InChI=1S/C18H16O5/c1-10-17(22-2)12(9-19)16(21)15-13(20)8-14(23-18(10)15)11-6-4-3-5-7-11/h3-7,9,14,21H,8H2,1-2H3/t14-/m0/s1. The van der Waals surface area contributed by atoms with Gasteiger partial charge in [-0.3, -0.25) is 9.59 Å². The zero-order valence-corrected chi connectivity index (χ0v) is 12.8. The number of phenols is 1. The number of ether oxygens (including phenoxy) is 2. The molecule has 3 rings (SSSR count). The summed E-state index contributed by atoms with van der Waals surface area (Å²) in [5, 5.41) is 10.3. The number of methoxy groups -OCH3 is 1. The Bertz CT molecular complexity index is 780. The fourth-order valence-electron chi connectivity index (χ4n) is 2.93. The largest absolute Gasteiger partial charge is 0.506 e. The molecule has 0 saturated carbocycles. The lowest BCUT2D eigenvalue weighted by molar-refractivity contribution is 0.0842. The molecule has 23 heavy (non-hydrogen) atoms. The van der Waals surface area contributed by atoms with E-state index in [2.05, 4.69) is 0 Å². The first-order chi connectivity index (χ1) is 11.1. The van der Waals surface area contributed by atoms with E-state index >= 15 is 0 Å². The first-order valence-electron chi connectivity index (χ1n) is 7.22. The molecular weight excluding hydrogens is 296 g/mol. The number of ketones is 1. The third-order valence-electron chi connectivity index (χ3n) is 4.05. The molecule has 118 valence electrons. The molecule has 1 aliphatic rings. The van der Waals surface area contributed by atoms with Crippen molar-refractivity contribution in [1.29, 1.82) is 0 Å². The minimum atomic E-state index is -0.430. The zero-order chi connectivity index (χ0) is 16.6. The molecule has 0 radical (unpaired) electrons. The topological polar surface area (TPSA) is 72.8 Å². The molecule has 1 N–H and O–H groups in total. The number of carbonyl (C=O) groups excluding carboxylic acids is 2. The number of aldehydes is 1. The number of carbonyl (C=O) groups is 2. The monoisotopic (exact) mass is 312 g/mol. The Morgan fingerprint density at radius 3 is 2.61 bits per heavy atom. The van der Waals surface area contributed by atoms with E-state index in [1.165, 1.54) is 7.11 Å². The van der Waals surface area contributed by atoms with Crippen molar-refractivity contribution >= 4 is 12.1 Å². The van der Waals surface area contributed by atoms with E-state index in [4.69, 9.17) is 9.47 Å². The smallest absolute Gasteiger partial charge is 0.174 e. The highest BCUT2D eigenvalue weighted by Crippen LogP contribution is 2.47. The number of rotatable bonds is 3. The number of aromatic hydroxyl groups is 1.